The van der Waals surface area contributed by atoms with Crippen LogP contribution in [0.1, 0.15) is 5.76 Å². The topological polar surface area (TPSA) is 126 Å². The van der Waals surface area contributed by atoms with E-state index in [1.54, 1.807) is 12.1 Å². The number of amides is 1. The predicted molar refractivity (Wildman–Crippen MR) is 117 cm³/mol. The molecule has 0 bridgehead atoms. The third-order valence-corrected chi connectivity index (χ3v) is 4.91. The number of carbonyl (C=O) groups is 1. The fraction of sp³-hybridized carbons (Fsp3) is 0.190. The Morgan fingerprint density at radius 1 is 1.14 bits per heavy atom. The summed E-state index contributed by atoms with van der Waals surface area (Å²) in [5.74, 6) is -0.290. The summed E-state index contributed by atoms with van der Waals surface area (Å²) in [4.78, 5) is 40.7. The molecule has 0 aliphatic heterocycles. The van der Waals surface area contributed by atoms with E-state index < -0.39 is 23.5 Å². The van der Waals surface area contributed by atoms with Gasteiger partial charge in [0.25, 0.3) is 11.5 Å². The summed E-state index contributed by atoms with van der Waals surface area (Å²) in [5.41, 5.74) is 1.92. The Kier molecular flexibility index (Phi) is 6.03. The summed E-state index contributed by atoms with van der Waals surface area (Å²) in [5, 5.41) is 3.80. The van der Waals surface area contributed by atoms with Gasteiger partial charge in [-0.3, -0.25) is 18.7 Å². The smallest absolute Gasteiger partial charge is 0.455 e. The van der Waals surface area contributed by atoms with Crippen LogP contribution in [0.2, 0.25) is 0 Å². The normalized spacial score (nSPS) is 11.9. The Balaban J connectivity index is 1.41. The molecular weight excluding hydrogens is 473 g/mol. The number of ether oxygens (including phenoxy) is 1. The van der Waals surface area contributed by atoms with Crippen LogP contribution in [0, 0.1) is 0 Å². The van der Waals surface area contributed by atoms with Crippen molar-refractivity contribution in [1.82, 2.24) is 24.1 Å². The Labute approximate surface area is 193 Å². The number of nitrogens with one attached hydrogen (secondary N) is 1. The van der Waals surface area contributed by atoms with E-state index in [9.17, 15) is 27.6 Å². The van der Waals surface area contributed by atoms with Gasteiger partial charge in [-0.05, 0) is 36.4 Å². The molecule has 4 rings (SSSR count). The highest BCUT2D eigenvalue weighted by Crippen LogP contribution is 2.27. The zero-order chi connectivity index (χ0) is 25.3. The van der Waals surface area contributed by atoms with E-state index in [1.165, 1.54) is 47.9 Å². The highest BCUT2D eigenvalue weighted by atomic mass is 19.4. The molecule has 182 valence electrons. The second kappa shape index (κ2) is 8.96. The number of nitrogens with zero attached hydrogens (tertiary/aromatic N) is 5. The monoisotopic (exact) mass is 490 g/mol. The maximum absolute atomic E-state index is 12.4. The summed E-state index contributed by atoms with van der Waals surface area (Å²) >= 11 is 0. The molecule has 1 amide bonds. The van der Waals surface area contributed by atoms with Crippen LogP contribution < -0.4 is 21.4 Å². The minimum atomic E-state index is -4.78. The number of alkyl halides is 3. The van der Waals surface area contributed by atoms with Crippen LogP contribution in [0.5, 0.6) is 5.75 Å². The van der Waals surface area contributed by atoms with E-state index in [4.69, 9.17) is 4.42 Å². The van der Waals surface area contributed by atoms with Crippen LogP contribution in [0.4, 0.5) is 13.2 Å². The lowest BCUT2D eigenvalue weighted by Crippen LogP contribution is -2.38. The second-order valence-electron chi connectivity index (χ2n) is 7.32. The number of halogens is 3. The van der Waals surface area contributed by atoms with Crippen molar-refractivity contribution in [3.63, 3.8) is 0 Å². The first-order valence-corrected chi connectivity index (χ1v) is 9.92. The number of aromatic nitrogens is 4. The van der Waals surface area contributed by atoms with Gasteiger partial charge in [-0.1, -0.05) is 0 Å². The first-order chi connectivity index (χ1) is 16.5. The van der Waals surface area contributed by atoms with Crippen LogP contribution in [0.15, 0.2) is 61.8 Å². The van der Waals surface area contributed by atoms with Gasteiger partial charge < -0.3 is 13.7 Å². The molecule has 1 aromatic carbocycles. The van der Waals surface area contributed by atoms with Gasteiger partial charge in [-0.25, -0.2) is 15.2 Å². The highest BCUT2D eigenvalue weighted by Gasteiger charge is 2.31. The van der Waals surface area contributed by atoms with Gasteiger partial charge in [0.2, 0.25) is 0 Å². The standard InChI is InChI=1S/C21H17F3N6O5/c1-28-18-17(19(32)29(2)20(28)33)30(11-25-18)10-16(31)27-26-9-14-7-8-15(34-14)12-3-5-13(6-4-12)35-21(22,23)24/h3-9,11H,10H2,1-2H3,(H,27,31). The summed E-state index contributed by atoms with van der Waals surface area (Å²) < 4.78 is 49.6. The lowest BCUT2D eigenvalue weighted by molar-refractivity contribution is -0.274. The third kappa shape index (κ3) is 5.00. The number of furan rings is 1. The number of hydrogen-bond acceptors (Lipinski definition) is 7. The average molecular weight is 490 g/mol. The second-order valence-corrected chi connectivity index (χ2v) is 7.32. The minimum absolute atomic E-state index is 0.0936. The molecule has 3 aromatic heterocycles. The van der Waals surface area contributed by atoms with Gasteiger partial charge in [-0.2, -0.15) is 5.10 Å². The quantitative estimate of drug-likeness (QED) is 0.324. The Hall–Kier alpha value is -4.62. The number of fused-ring (bicyclic) bond motifs is 1. The molecule has 4 aromatic rings. The van der Waals surface area contributed by atoms with Crippen molar-refractivity contribution in [3.05, 3.63) is 69.3 Å². The number of imidazole rings is 1. The van der Waals surface area contributed by atoms with E-state index in [1.807, 2.05) is 0 Å². The van der Waals surface area contributed by atoms with E-state index >= 15 is 0 Å². The van der Waals surface area contributed by atoms with Crippen LogP contribution in [-0.2, 0) is 25.4 Å². The molecule has 11 nitrogen and oxygen atoms in total. The van der Waals surface area contributed by atoms with Crippen molar-refractivity contribution in [2.24, 2.45) is 19.2 Å². The highest BCUT2D eigenvalue weighted by molar-refractivity contribution is 5.82. The van der Waals surface area contributed by atoms with Crippen molar-refractivity contribution >= 4 is 23.3 Å². The van der Waals surface area contributed by atoms with Crippen LogP contribution >= 0.6 is 0 Å². The molecule has 0 radical (unpaired) electrons. The number of rotatable bonds is 6. The zero-order valence-electron chi connectivity index (χ0n) is 18.2. The van der Waals surface area contributed by atoms with Gasteiger partial charge in [0.15, 0.2) is 11.2 Å². The lowest BCUT2D eigenvalue weighted by atomic mass is 10.2. The molecule has 0 saturated heterocycles. The van der Waals surface area contributed by atoms with Gasteiger partial charge in [0.1, 0.15) is 23.8 Å². The van der Waals surface area contributed by atoms with Gasteiger partial charge >= 0.3 is 12.1 Å². The van der Waals surface area contributed by atoms with Crippen molar-refractivity contribution in [3.8, 4) is 17.1 Å². The number of benzene rings is 1. The molecule has 35 heavy (non-hydrogen) atoms. The first kappa shape index (κ1) is 23.5. The summed E-state index contributed by atoms with van der Waals surface area (Å²) in [6, 6.07) is 8.25. The molecule has 0 spiro atoms. The molecule has 0 aliphatic carbocycles. The maximum atomic E-state index is 12.4. The Morgan fingerprint density at radius 2 is 1.86 bits per heavy atom. The van der Waals surface area contributed by atoms with Crippen LogP contribution in [0.25, 0.3) is 22.5 Å². The van der Waals surface area contributed by atoms with Crippen molar-refractivity contribution in [2.45, 2.75) is 12.9 Å². The summed E-state index contributed by atoms with van der Waals surface area (Å²) in [6.45, 7) is -0.281. The first-order valence-electron chi connectivity index (χ1n) is 9.92. The van der Waals surface area contributed by atoms with Crippen LogP contribution in [0.3, 0.4) is 0 Å². The number of hydrogen-bond donors (Lipinski definition) is 1. The fourth-order valence-electron chi connectivity index (χ4n) is 3.27. The van der Waals surface area contributed by atoms with E-state index in [-0.39, 0.29) is 29.2 Å². The fourth-order valence-corrected chi connectivity index (χ4v) is 3.27. The number of aryl methyl sites for hydroxylation is 1. The van der Waals surface area contributed by atoms with E-state index in [0.717, 1.165) is 16.7 Å². The van der Waals surface area contributed by atoms with Crippen molar-refractivity contribution < 1.29 is 27.1 Å². The number of hydrazone groups is 1. The van der Waals surface area contributed by atoms with E-state index in [2.05, 4.69) is 20.2 Å². The summed E-state index contributed by atoms with van der Waals surface area (Å²) in [6.07, 6.45) is -2.27. The molecule has 0 saturated carbocycles. The van der Waals surface area contributed by atoms with Crippen molar-refractivity contribution in [2.75, 3.05) is 0 Å². The molecular formula is C21H17F3N6O5. The van der Waals surface area contributed by atoms with Gasteiger partial charge in [0.05, 0.1) is 12.5 Å². The molecule has 0 unspecified atom stereocenters. The van der Waals surface area contributed by atoms with Gasteiger partial charge in [-0.15, -0.1) is 13.2 Å². The maximum Gasteiger partial charge on any atom is 0.573 e. The van der Waals surface area contributed by atoms with E-state index in [0.29, 0.717) is 11.3 Å². The predicted octanol–water partition coefficient (Wildman–Crippen LogP) is 1.74. The lowest BCUT2D eigenvalue weighted by Gasteiger charge is -2.08. The number of carbonyl (C=O) groups excluding carboxylic acids is 1. The Bertz CT molecular complexity index is 1540. The van der Waals surface area contributed by atoms with Crippen molar-refractivity contribution in [1.29, 1.82) is 0 Å². The molecule has 0 aliphatic rings. The molecule has 0 atom stereocenters. The van der Waals surface area contributed by atoms with Crippen LogP contribution in [-0.4, -0.2) is 37.2 Å². The molecule has 0 fully saturated rings. The zero-order valence-corrected chi connectivity index (χ0v) is 18.2. The third-order valence-electron chi connectivity index (χ3n) is 4.91. The molecule has 14 heteroatoms. The van der Waals surface area contributed by atoms with Gasteiger partial charge in [0, 0.05) is 19.7 Å². The minimum Gasteiger partial charge on any atom is -0.455 e. The largest absolute Gasteiger partial charge is 0.573 e. The molecule has 3 heterocycles. The SMILES string of the molecule is Cn1c(=O)c2c(ncn2CC(=O)NN=Cc2ccc(-c3ccc(OC(F)(F)F)cc3)o2)n(C)c1=O. The average Bonchev–Trinajstić information content (AvgIpc) is 3.43. The molecule has 1 N–H and O–H groups in total. The summed E-state index contributed by atoms with van der Waals surface area (Å²) in [7, 11) is 2.79. The Morgan fingerprint density at radius 3 is 2.54 bits per heavy atom.